The lowest BCUT2D eigenvalue weighted by Crippen LogP contribution is -2.10. The third-order valence-corrected chi connectivity index (χ3v) is 10.9. The van der Waals surface area contributed by atoms with E-state index in [1.807, 2.05) is 12.1 Å². The molecule has 6 aromatic carbocycles. The molecule has 1 unspecified atom stereocenters. The Morgan fingerprint density at radius 1 is 0.488 bits per heavy atom. The second-order valence-corrected chi connectivity index (χ2v) is 12.7. The van der Waals surface area contributed by atoms with E-state index < -0.39 is 7.53 Å². The molecule has 0 saturated carbocycles. The number of rotatable bonds is 2. The second-order valence-electron chi connectivity index (χ2n) is 10.6. The Kier molecular flexibility index (Phi) is 4.84. The summed E-state index contributed by atoms with van der Waals surface area (Å²) >= 11 is 0. The van der Waals surface area contributed by atoms with Crippen molar-refractivity contribution in [3.05, 3.63) is 146 Å². The molecule has 3 heterocycles. The van der Waals surface area contributed by atoms with Gasteiger partial charge in [-0.15, -0.1) is 0 Å². The largest absolute Gasteiger partial charge is 0.456 e. The topological polar surface area (TPSA) is 16.4 Å². The lowest BCUT2D eigenvalue weighted by molar-refractivity contribution is 0.669. The van der Waals surface area contributed by atoms with Gasteiger partial charge in [-0.3, -0.25) is 0 Å². The van der Waals surface area contributed by atoms with Crippen LogP contribution in [-0.4, -0.2) is 0 Å². The molecule has 0 spiro atoms. The lowest BCUT2D eigenvalue weighted by atomic mass is 9.99. The van der Waals surface area contributed by atoms with E-state index in [2.05, 4.69) is 138 Å². The molecule has 2 nitrogen and oxygen atoms in total. The summed E-state index contributed by atoms with van der Waals surface area (Å²) in [6.07, 6.45) is 0. The van der Waals surface area contributed by atoms with Crippen molar-refractivity contribution in [2.45, 2.75) is 0 Å². The van der Waals surface area contributed by atoms with Gasteiger partial charge in [0.05, 0.1) is 11.4 Å². The molecule has 0 aliphatic carbocycles. The van der Waals surface area contributed by atoms with E-state index in [0.29, 0.717) is 0 Å². The molecule has 0 saturated heterocycles. The van der Waals surface area contributed by atoms with Crippen molar-refractivity contribution in [2.75, 3.05) is 4.90 Å². The Hall–Kier alpha value is -5.04. The molecule has 0 fully saturated rings. The molecule has 41 heavy (non-hydrogen) atoms. The van der Waals surface area contributed by atoms with Crippen LogP contribution >= 0.6 is 7.53 Å². The quantitative estimate of drug-likeness (QED) is 0.216. The molecule has 2 aromatic heterocycles. The predicted octanol–water partition coefficient (Wildman–Crippen LogP) is 11.8. The van der Waals surface area contributed by atoms with Crippen LogP contribution < -0.4 is 4.90 Å². The van der Waals surface area contributed by atoms with E-state index in [1.165, 1.54) is 49.2 Å². The Morgan fingerprint density at radius 2 is 1.12 bits per heavy atom. The van der Waals surface area contributed by atoms with Crippen LogP contribution in [0.1, 0.15) is 0 Å². The molecule has 1 atom stereocenters. The van der Waals surface area contributed by atoms with E-state index in [0.717, 1.165) is 27.6 Å². The first-order valence-electron chi connectivity index (χ1n) is 14.0. The smallest absolute Gasteiger partial charge is 0.135 e. The molecule has 0 N–H and O–H groups in total. The summed E-state index contributed by atoms with van der Waals surface area (Å²) in [6, 6.07) is 52.9. The maximum absolute atomic E-state index is 6.20. The van der Waals surface area contributed by atoms with Crippen molar-refractivity contribution in [1.82, 2.24) is 0 Å². The van der Waals surface area contributed by atoms with Gasteiger partial charge in [-0.05, 0) is 47.1 Å². The summed E-state index contributed by atoms with van der Waals surface area (Å²) in [6.45, 7) is 0. The van der Waals surface area contributed by atoms with Crippen molar-refractivity contribution in [3.8, 4) is 27.3 Å². The van der Waals surface area contributed by atoms with Gasteiger partial charge in [0.2, 0.25) is 0 Å². The van der Waals surface area contributed by atoms with E-state index >= 15 is 0 Å². The zero-order chi connectivity index (χ0) is 26.9. The van der Waals surface area contributed by atoms with E-state index in [1.54, 1.807) is 0 Å². The summed E-state index contributed by atoms with van der Waals surface area (Å²) in [7, 11) is -0.736. The fourth-order valence-electron chi connectivity index (χ4n) is 6.62. The highest BCUT2D eigenvalue weighted by Gasteiger charge is 2.31. The summed E-state index contributed by atoms with van der Waals surface area (Å²) in [5.74, 6) is 0. The SMILES string of the molecule is c1ccc(-p2c3c(c4ccccc42)-c2ccccc2N(c2ccc4oc5ccccc5c4c2)c2ccccc2-3)cc1. The van der Waals surface area contributed by atoms with Gasteiger partial charge in [0, 0.05) is 43.6 Å². The molecule has 9 rings (SSSR count). The van der Waals surface area contributed by atoms with Gasteiger partial charge in [0.25, 0.3) is 0 Å². The standard InChI is InChI=1S/C38H24NOP/c1-2-12-26(13-3-1)41-36-21-11-7-17-30(36)37-28-15-4-8-18-32(28)39(33-19-9-5-16-29(33)38(37)41)25-22-23-35-31(24-25)27-14-6-10-20-34(27)40-35/h1-24H. The second kappa shape index (κ2) is 8.73. The molecule has 8 aromatic rings. The Bertz CT molecular complexity index is 2270. The highest BCUT2D eigenvalue weighted by Crippen LogP contribution is 2.65. The van der Waals surface area contributed by atoms with Gasteiger partial charge in [-0.25, -0.2) is 0 Å². The first-order valence-corrected chi connectivity index (χ1v) is 15.3. The van der Waals surface area contributed by atoms with Crippen molar-refractivity contribution >= 4 is 57.0 Å². The highest BCUT2D eigenvalue weighted by atomic mass is 31.1. The van der Waals surface area contributed by atoms with Crippen LogP contribution in [0.15, 0.2) is 150 Å². The number of fused-ring (bicyclic) bond motifs is 10. The Balaban J connectivity index is 1.42. The molecule has 0 radical (unpaired) electrons. The zero-order valence-corrected chi connectivity index (χ0v) is 23.1. The van der Waals surface area contributed by atoms with Crippen molar-refractivity contribution < 1.29 is 4.42 Å². The van der Waals surface area contributed by atoms with Crippen molar-refractivity contribution in [1.29, 1.82) is 0 Å². The maximum atomic E-state index is 6.20. The summed E-state index contributed by atoms with van der Waals surface area (Å²) in [4.78, 5) is 2.45. The lowest BCUT2D eigenvalue weighted by Gasteiger charge is -2.27. The molecule has 0 amide bonds. The highest BCUT2D eigenvalue weighted by molar-refractivity contribution is 7.66. The minimum atomic E-state index is -0.736. The third-order valence-electron chi connectivity index (χ3n) is 8.32. The predicted molar refractivity (Wildman–Crippen MR) is 174 cm³/mol. The van der Waals surface area contributed by atoms with E-state index in [-0.39, 0.29) is 0 Å². The van der Waals surface area contributed by atoms with Gasteiger partial charge in [-0.2, -0.15) is 0 Å². The number of benzene rings is 6. The molecule has 3 heteroatoms. The summed E-state index contributed by atoms with van der Waals surface area (Å²) in [5, 5.41) is 7.87. The molecular weight excluding hydrogens is 517 g/mol. The molecule has 1 aliphatic rings. The third kappa shape index (κ3) is 3.26. The Morgan fingerprint density at radius 3 is 1.98 bits per heavy atom. The van der Waals surface area contributed by atoms with Gasteiger partial charge >= 0.3 is 0 Å². The van der Waals surface area contributed by atoms with Gasteiger partial charge in [0.1, 0.15) is 11.2 Å². The molecule has 192 valence electrons. The average Bonchev–Trinajstić information content (AvgIpc) is 3.54. The monoisotopic (exact) mass is 541 g/mol. The minimum Gasteiger partial charge on any atom is -0.456 e. The van der Waals surface area contributed by atoms with Crippen LogP contribution in [0.2, 0.25) is 0 Å². The Labute approximate surface area is 238 Å². The van der Waals surface area contributed by atoms with E-state index in [4.69, 9.17) is 4.42 Å². The molecule has 1 aliphatic heterocycles. The van der Waals surface area contributed by atoms with Crippen LogP contribution in [0.25, 0.3) is 59.7 Å². The number of hydrogen-bond donors (Lipinski definition) is 0. The number of nitrogens with zero attached hydrogens (tertiary/aromatic N) is 1. The van der Waals surface area contributed by atoms with Crippen LogP contribution in [0.3, 0.4) is 0 Å². The van der Waals surface area contributed by atoms with Gasteiger partial charge < -0.3 is 9.32 Å². The normalized spacial score (nSPS) is 12.8. The van der Waals surface area contributed by atoms with Crippen LogP contribution in [-0.2, 0) is 0 Å². The van der Waals surface area contributed by atoms with Crippen LogP contribution in [0.5, 0.6) is 0 Å². The summed E-state index contributed by atoms with van der Waals surface area (Å²) < 4.78 is 6.20. The average molecular weight is 542 g/mol. The first kappa shape index (κ1) is 22.7. The fourth-order valence-corrected chi connectivity index (χ4v) is 9.43. The van der Waals surface area contributed by atoms with E-state index in [9.17, 15) is 0 Å². The van der Waals surface area contributed by atoms with Gasteiger partial charge in [-0.1, -0.05) is 117 Å². The fraction of sp³-hybridized carbons (Fsp3) is 0. The van der Waals surface area contributed by atoms with Crippen molar-refractivity contribution in [2.24, 2.45) is 0 Å². The van der Waals surface area contributed by atoms with Crippen molar-refractivity contribution in [3.63, 3.8) is 0 Å². The van der Waals surface area contributed by atoms with Crippen LogP contribution in [0, 0.1) is 0 Å². The molecular formula is C38H24NOP. The first-order chi connectivity index (χ1) is 20.4. The number of hydrogen-bond acceptors (Lipinski definition) is 2. The number of furan rings is 1. The minimum absolute atomic E-state index is 0.736. The zero-order valence-electron chi connectivity index (χ0n) is 22.2. The molecule has 0 bridgehead atoms. The number of para-hydroxylation sites is 3. The maximum Gasteiger partial charge on any atom is 0.135 e. The number of anilines is 3. The van der Waals surface area contributed by atoms with Gasteiger partial charge in [0.15, 0.2) is 0 Å². The summed E-state index contributed by atoms with van der Waals surface area (Å²) in [5.41, 5.74) is 9.27. The van der Waals surface area contributed by atoms with Crippen LogP contribution in [0.4, 0.5) is 17.1 Å².